The van der Waals surface area contributed by atoms with Gasteiger partial charge in [0, 0.05) is 6.92 Å². The van der Waals surface area contributed by atoms with Crippen LogP contribution < -0.4 is 0 Å². The minimum Gasteiger partial charge on any atom is -0.452 e. The van der Waals surface area contributed by atoms with E-state index in [9.17, 15) is 19.5 Å². The monoisotopic (exact) mass is 250 g/mol. The molecule has 0 amide bonds. The molecule has 0 saturated heterocycles. The molecule has 0 bridgehead atoms. The molecule has 4 N–H and O–H groups in total. The molecular weight excluding hydrogens is 236 g/mol. The number of rotatable bonds is 7. The highest BCUT2D eigenvalue weighted by molar-refractivity contribution is 6.32. The van der Waals surface area contributed by atoms with Crippen LogP contribution in [0.25, 0.3) is 0 Å². The Morgan fingerprint density at radius 1 is 1.18 bits per heavy atom. The van der Waals surface area contributed by atoms with Gasteiger partial charge in [0.2, 0.25) is 11.6 Å². The molecule has 8 heteroatoms. The summed E-state index contributed by atoms with van der Waals surface area (Å²) in [6, 6.07) is 0. The fraction of sp³-hybridized carbons (Fsp3) is 0.667. The van der Waals surface area contributed by atoms with Crippen molar-refractivity contribution in [3.8, 4) is 0 Å². The summed E-state index contributed by atoms with van der Waals surface area (Å²) in [6.45, 7) is -0.818. The number of ether oxygens (including phenoxy) is 1. The molecule has 98 valence electrons. The maximum absolute atomic E-state index is 11.1. The third-order valence-corrected chi connectivity index (χ3v) is 1.87. The molecule has 0 spiro atoms. The van der Waals surface area contributed by atoms with Gasteiger partial charge < -0.3 is 25.2 Å². The van der Waals surface area contributed by atoms with Crippen LogP contribution in [0.2, 0.25) is 0 Å². The first kappa shape index (κ1) is 15.7. The maximum Gasteiger partial charge on any atom is 0.374 e. The Bertz CT molecular complexity index is 299. The van der Waals surface area contributed by atoms with Gasteiger partial charge in [0.15, 0.2) is 6.61 Å². The summed E-state index contributed by atoms with van der Waals surface area (Å²) in [4.78, 5) is 32.3. The lowest BCUT2D eigenvalue weighted by molar-refractivity contribution is -0.159. The van der Waals surface area contributed by atoms with E-state index in [1.165, 1.54) is 0 Å². The highest BCUT2D eigenvalue weighted by Crippen LogP contribution is 2.02. The van der Waals surface area contributed by atoms with E-state index < -0.39 is 49.1 Å². The molecule has 0 fully saturated rings. The molecule has 0 aromatic heterocycles. The third kappa shape index (κ3) is 5.00. The molecule has 0 aromatic rings. The predicted octanol–water partition coefficient (Wildman–Crippen LogP) is -3.24. The number of Topliss-reactive ketones (excluding diaryl/α,β-unsaturated/α-hetero) is 2. The topological polar surface area (TPSA) is 141 Å². The van der Waals surface area contributed by atoms with E-state index in [-0.39, 0.29) is 0 Å². The van der Waals surface area contributed by atoms with Gasteiger partial charge in [-0.05, 0) is 0 Å². The van der Waals surface area contributed by atoms with Crippen molar-refractivity contribution in [1.29, 1.82) is 0 Å². The van der Waals surface area contributed by atoms with Gasteiger partial charge in [-0.1, -0.05) is 0 Å². The summed E-state index contributed by atoms with van der Waals surface area (Å²) in [5.41, 5.74) is 0. The molecule has 17 heavy (non-hydrogen) atoms. The van der Waals surface area contributed by atoms with E-state index in [2.05, 4.69) is 4.74 Å². The van der Waals surface area contributed by atoms with Gasteiger partial charge in [0.05, 0.1) is 6.61 Å². The number of hydrogen-bond donors (Lipinski definition) is 4. The van der Waals surface area contributed by atoms with Crippen molar-refractivity contribution in [1.82, 2.24) is 0 Å². The quantitative estimate of drug-likeness (QED) is 0.273. The Morgan fingerprint density at radius 2 is 1.71 bits per heavy atom. The number of aliphatic hydroxyl groups excluding tert-OH is 4. The highest BCUT2D eigenvalue weighted by Gasteiger charge is 2.30. The van der Waals surface area contributed by atoms with Gasteiger partial charge in [-0.25, -0.2) is 4.79 Å². The maximum atomic E-state index is 11.1. The van der Waals surface area contributed by atoms with Gasteiger partial charge in [-0.3, -0.25) is 9.59 Å². The molecule has 0 aliphatic rings. The average Bonchev–Trinajstić information content (AvgIpc) is 2.32. The Morgan fingerprint density at radius 3 is 2.12 bits per heavy atom. The SMILES string of the molecule is CC(=O)C(=O)OCC(=O)[C@@H](O)[C@H](O)[C@@H](O)CO. The second-order valence-corrected chi connectivity index (χ2v) is 3.28. The van der Waals surface area contributed by atoms with Gasteiger partial charge >= 0.3 is 5.97 Å². The first-order chi connectivity index (χ1) is 7.81. The summed E-state index contributed by atoms with van der Waals surface area (Å²) in [5.74, 6) is -3.26. The van der Waals surface area contributed by atoms with Gasteiger partial charge in [0.25, 0.3) is 0 Å². The van der Waals surface area contributed by atoms with Crippen molar-refractivity contribution in [2.24, 2.45) is 0 Å². The van der Waals surface area contributed by atoms with E-state index in [0.717, 1.165) is 6.92 Å². The first-order valence-corrected chi connectivity index (χ1v) is 4.66. The van der Waals surface area contributed by atoms with Crippen LogP contribution in [0.1, 0.15) is 6.92 Å². The van der Waals surface area contributed by atoms with E-state index in [1.807, 2.05) is 0 Å². The lowest BCUT2D eigenvalue weighted by Gasteiger charge is -2.20. The number of carbonyl (C=O) groups is 3. The van der Waals surface area contributed by atoms with Crippen molar-refractivity contribution in [3.05, 3.63) is 0 Å². The van der Waals surface area contributed by atoms with E-state index in [4.69, 9.17) is 15.3 Å². The van der Waals surface area contributed by atoms with Gasteiger partial charge in [-0.2, -0.15) is 0 Å². The molecule has 0 rings (SSSR count). The van der Waals surface area contributed by atoms with E-state index in [0.29, 0.717) is 0 Å². The van der Waals surface area contributed by atoms with Gasteiger partial charge in [-0.15, -0.1) is 0 Å². The number of hydrogen-bond acceptors (Lipinski definition) is 8. The minimum atomic E-state index is -2.02. The van der Waals surface area contributed by atoms with Crippen LogP contribution in [0.3, 0.4) is 0 Å². The fourth-order valence-electron chi connectivity index (χ4n) is 0.833. The molecule has 0 heterocycles. The lowest BCUT2D eigenvalue weighted by atomic mass is 10.1. The van der Waals surface area contributed by atoms with Crippen LogP contribution in [-0.2, 0) is 19.1 Å². The van der Waals surface area contributed by atoms with Gasteiger partial charge in [0.1, 0.15) is 18.3 Å². The zero-order chi connectivity index (χ0) is 13.6. The summed E-state index contributed by atoms with van der Waals surface area (Å²) >= 11 is 0. The second kappa shape index (κ2) is 7.07. The summed E-state index contributed by atoms with van der Waals surface area (Å²) in [6.07, 6.45) is -5.61. The van der Waals surface area contributed by atoms with Crippen molar-refractivity contribution < 1.29 is 39.5 Å². The molecule has 0 aliphatic carbocycles. The second-order valence-electron chi connectivity index (χ2n) is 3.28. The zero-order valence-corrected chi connectivity index (χ0v) is 9.07. The Hall–Kier alpha value is -1.35. The van der Waals surface area contributed by atoms with Crippen molar-refractivity contribution in [2.75, 3.05) is 13.2 Å². The summed E-state index contributed by atoms with van der Waals surface area (Å²) in [7, 11) is 0. The van der Waals surface area contributed by atoms with Crippen LogP contribution in [0.4, 0.5) is 0 Å². The third-order valence-electron chi connectivity index (χ3n) is 1.87. The molecule has 8 nitrogen and oxygen atoms in total. The smallest absolute Gasteiger partial charge is 0.374 e. The molecule has 0 radical (unpaired) electrons. The lowest BCUT2D eigenvalue weighted by Crippen LogP contribution is -2.45. The van der Waals surface area contributed by atoms with E-state index in [1.54, 1.807) is 0 Å². The van der Waals surface area contributed by atoms with Crippen molar-refractivity contribution in [3.63, 3.8) is 0 Å². The van der Waals surface area contributed by atoms with Crippen LogP contribution >= 0.6 is 0 Å². The molecule has 0 unspecified atom stereocenters. The fourth-order valence-corrected chi connectivity index (χ4v) is 0.833. The summed E-state index contributed by atoms with van der Waals surface area (Å²) < 4.78 is 4.20. The van der Waals surface area contributed by atoms with Crippen LogP contribution in [0.5, 0.6) is 0 Å². The number of esters is 1. The average molecular weight is 250 g/mol. The Balaban J connectivity index is 4.23. The Labute approximate surface area is 96.4 Å². The van der Waals surface area contributed by atoms with Crippen LogP contribution in [0, 0.1) is 0 Å². The highest BCUT2D eigenvalue weighted by atomic mass is 16.5. The first-order valence-electron chi connectivity index (χ1n) is 4.66. The molecule has 0 aromatic carbocycles. The number of ketones is 2. The largest absolute Gasteiger partial charge is 0.452 e. The van der Waals surface area contributed by atoms with E-state index >= 15 is 0 Å². The van der Waals surface area contributed by atoms with Crippen molar-refractivity contribution >= 4 is 17.5 Å². The zero-order valence-electron chi connectivity index (χ0n) is 9.07. The molecular formula is C9H14O8. The molecule has 0 aliphatic heterocycles. The molecule has 0 saturated carbocycles. The number of carbonyl (C=O) groups excluding carboxylic acids is 3. The standard InChI is InChI=1S/C9H14O8/c1-4(11)9(16)17-3-6(13)8(15)7(14)5(12)2-10/h5,7-8,10,12,14-15H,2-3H2,1H3/t5-,7+,8+/m0/s1. The van der Waals surface area contributed by atoms with Crippen LogP contribution in [-0.4, -0.2) is 69.5 Å². The predicted molar refractivity (Wildman–Crippen MR) is 51.8 cm³/mol. The molecule has 3 atom stereocenters. The minimum absolute atomic E-state index is 0.848. The van der Waals surface area contributed by atoms with Crippen LogP contribution in [0.15, 0.2) is 0 Å². The van der Waals surface area contributed by atoms with Crippen molar-refractivity contribution in [2.45, 2.75) is 25.2 Å². The Kier molecular flexibility index (Phi) is 6.51. The number of aliphatic hydroxyl groups is 4. The summed E-state index contributed by atoms with van der Waals surface area (Å²) in [5, 5.41) is 35.7. The normalized spacial score (nSPS) is 15.8.